The van der Waals surface area contributed by atoms with Gasteiger partial charge in [0.05, 0.1) is 5.69 Å². The average Bonchev–Trinajstić information content (AvgIpc) is 2.86. The summed E-state index contributed by atoms with van der Waals surface area (Å²) in [5.41, 5.74) is 3.21. The highest BCUT2D eigenvalue weighted by molar-refractivity contribution is 5.88. The highest BCUT2D eigenvalue weighted by Gasteiger charge is 2.14. The van der Waals surface area contributed by atoms with E-state index in [1.54, 1.807) is 12.1 Å². The lowest BCUT2D eigenvalue weighted by Crippen LogP contribution is -1.96. The maximum absolute atomic E-state index is 12.9. The van der Waals surface area contributed by atoms with Crippen molar-refractivity contribution in [3.63, 3.8) is 0 Å². The van der Waals surface area contributed by atoms with Gasteiger partial charge in [0.25, 0.3) is 0 Å². The zero-order valence-electron chi connectivity index (χ0n) is 11.2. The van der Waals surface area contributed by atoms with Crippen molar-refractivity contribution in [1.82, 2.24) is 20.2 Å². The van der Waals surface area contributed by atoms with Crippen LogP contribution in [0, 0.1) is 5.82 Å². The van der Waals surface area contributed by atoms with Gasteiger partial charge < -0.3 is 5.32 Å². The second-order valence-corrected chi connectivity index (χ2v) is 4.84. The smallest absolute Gasteiger partial charge is 0.162 e. The van der Waals surface area contributed by atoms with Crippen LogP contribution in [0.4, 0.5) is 15.9 Å². The molecule has 6 heteroatoms. The van der Waals surface area contributed by atoms with Gasteiger partial charge in [-0.15, -0.1) is 0 Å². The van der Waals surface area contributed by atoms with Gasteiger partial charge in [0.1, 0.15) is 17.7 Å². The molecule has 2 aromatic heterocycles. The molecule has 3 rings (SSSR count). The molecule has 2 N–H and O–H groups in total. The quantitative estimate of drug-likeness (QED) is 0.766. The maximum atomic E-state index is 12.9. The third-order valence-electron chi connectivity index (χ3n) is 3.05. The number of halogens is 1. The summed E-state index contributed by atoms with van der Waals surface area (Å²) >= 11 is 0. The number of H-pyrrole nitrogens is 1. The second kappa shape index (κ2) is 4.88. The first kappa shape index (κ1) is 12.5. The number of anilines is 2. The Labute approximate surface area is 115 Å². The van der Waals surface area contributed by atoms with Gasteiger partial charge in [-0.2, -0.15) is 5.10 Å². The molecule has 0 fully saturated rings. The Morgan fingerprint density at radius 3 is 2.55 bits per heavy atom. The van der Waals surface area contributed by atoms with Crippen LogP contribution in [-0.2, 0) is 0 Å². The van der Waals surface area contributed by atoms with Crippen LogP contribution >= 0.6 is 0 Å². The predicted octanol–water partition coefficient (Wildman–Crippen LogP) is 3.36. The molecule has 3 aromatic rings. The number of fused-ring (bicyclic) bond motifs is 1. The first-order valence-corrected chi connectivity index (χ1v) is 6.36. The molecule has 0 spiro atoms. The molecule has 0 amide bonds. The van der Waals surface area contributed by atoms with Crippen LogP contribution < -0.4 is 5.32 Å². The van der Waals surface area contributed by atoms with Gasteiger partial charge in [0.15, 0.2) is 11.3 Å². The highest BCUT2D eigenvalue weighted by Crippen LogP contribution is 2.26. The number of benzene rings is 1. The Hall–Kier alpha value is -2.50. The summed E-state index contributed by atoms with van der Waals surface area (Å²) in [6.07, 6.45) is 1.50. The fourth-order valence-electron chi connectivity index (χ4n) is 2.01. The summed E-state index contributed by atoms with van der Waals surface area (Å²) in [5.74, 6) is 0.628. The molecule has 0 radical (unpaired) electrons. The lowest BCUT2D eigenvalue weighted by atomic mass is 10.1. The fraction of sp³-hybridized carbons (Fsp3) is 0.214. The van der Waals surface area contributed by atoms with Crippen LogP contribution in [0.15, 0.2) is 30.6 Å². The number of aromatic nitrogens is 4. The largest absolute Gasteiger partial charge is 0.338 e. The summed E-state index contributed by atoms with van der Waals surface area (Å²) in [7, 11) is 0. The number of nitrogens with one attached hydrogen (secondary N) is 2. The highest BCUT2D eigenvalue weighted by atomic mass is 19.1. The van der Waals surface area contributed by atoms with Crippen molar-refractivity contribution >= 4 is 22.5 Å². The minimum atomic E-state index is -0.273. The van der Waals surface area contributed by atoms with Crippen molar-refractivity contribution in [2.75, 3.05) is 5.32 Å². The van der Waals surface area contributed by atoms with E-state index < -0.39 is 0 Å². The molecular weight excluding hydrogens is 257 g/mol. The van der Waals surface area contributed by atoms with Gasteiger partial charge in [0.2, 0.25) is 0 Å². The molecule has 0 aliphatic heterocycles. The topological polar surface area (TPSA) is 66.5 Å². The van der Waals surface area contributed by atoms with E-state index in [0.717, 1.165) is 16.9 Å². The van der Waals surface area contributed by atoms with Crippen LogP contribution in [0.1, 0.15) is 25.5 Å². The zero-order chi connectivity index (χ0) is 14.1. The van der Waals surface area contributed by atoms with E-state index in [1.165, 1.54) is 18.5 Å². The number of rotatable bonds is 3. The fourth-order valence-corrected chi connectivity index (χ4v) is 2.01. The Kier molecular flexibility index (Phi) is 3.06. The third kappa shape index (κ3) is 2.20. The molecule has 0 unspecified atom stereocenters. The first-order chi connectivity index (χ1) is 9.65. The normalized spacial score (nSPS) is 11.2. The molecule has 0 atom stereocenters. The maximum Gasteiger partial charge on any atom is 0.162 e. The van der Waals surface area contributed by atoms with Crippen LogP contribution in [-0.4, -0.2) is 20.2 Å². The zero-order valence-corrected chi connectivity index (χ0v) is 11.2. The molecule has 1 aromatic carbocycles. The van der Waals surface area contributed by atoms with E-state index in [0.29, 0.717) is 17.3 Å². The molecule has 20 heavy (non-hydrogen) atoms. The lowest BCUT2D eigenvalue weighted by Gasteiger charge is -2.06. The van der Waals surface area contributed by atoms with Crippen molar-refractivity contribution in [1.29, 1.82) is 0 Å². The molecule has 0 bridgehead atoms. The van der Waals surface area contributed by atoms with E-state index in [4.69, 9.17) is 0 Å². The average molecular weight is 271 g/mol. The summed E-state index contributed by atoms with van der Waals surface area (Å²) in [6.45, 7) is 4.14. The van der Waals surface area contributed by atoms with Gasteiger partial charge in [-0.3, -0.25) is 5.10 Å². The number of hydrogen-bond donors (Lipinski definition) is 2. The van der Waals surface area contributed by atoms with Crippen molar-refractivity contribution in [2.45, 2.75) is 19.8 Å². The van der Waals surface area contributed by atoms with Crippen LogP contribution in [0.5, 0.6) is 0 Å². The van der Waals surface area contributed by atoms with Crippen molar-refractivity contribution in [3.8, 4) is 0 Å². The van der Waals surface area contributed by atoms with Crippen LogP contribution in [0.3, 0.4) is 0 Å². The number of nitrogens with zero attached hydrogens (tertiary/aromatic N) is 3. The van der Waals surface area contributed by atoms with Crippen LogP contribution in [0.25, 0.3) is 11.0 Å². The molecular formula is C14H14FN5. The van der Waals surface area contributed by atoms with Crippen molar-refractivity contribution in [2.24, 2.45) is 0 Å². The van der Waals surface area contributed by atoms with Gasteiger partial charge in [-0.05, 0) is 30.2 Å². The molecule has 0 aliphatic rings. The summed E-state index contributed by atoms with van der Waals surface area (Å²) < 4.78 is 12.9. The Bertz CT molecular complexity index is 733. The van der Waals surface area contributed by atoms with Crippen LogP contribution in [0.2, 0.25) is 0 Å². The molecule has 0 saturated carbocycles. The lowest BCUT2D eigenvalue weighted by molar-refractivity contribution is 0.628. The summed E-state index contributed by atoms with van der Waals surface area (Å²) in [4.78, 5) is 8.47. The van der Waals surface area contributed by atoms with Crippen molar-refractivity contribution < 1.29 is 4.39 Å². The molecule has 0 saturated heterocycles. The van der Waals surface area contributed by atoms with E-state index >= 15 is 0 Å². The Morgan fingerprint density at radius 2 is 1.85 bits per heavy atom. The van der Waals surface area contributed by atoms with Gasteiger partial charge in [-0.1, -0.05) is 13.8 Å². The first-order valence-electron chi connectivity index (χ1n) is 6.36. The van der Waals surface area contributed by atoms with Gasteiger partial charge >= 0.3 is 0 Å². The third-order valence-corrected chi connectivity index (χ3v) is 3.05. The minimum Gasteiger partial charge on any atom is -0.338 e. The van der Waals surface area contributed by atoms with E-state index in [9.17, 15) is 4.39 Å². The summed E-state index contributed by atoms with van der Waals surface area (Å²) in [6, 6.07) is 6.09. The van der Waals surface area contributed by atoms with E-state index in [-0.39, 0.29) is 5.82 Å². The SMILES string of the molecule is CC(C)c1[nH]nc2c(Nc3ccc(F)cc3)ncnc12. The number of aromatic amines is 1. The van der Waals surface area contributed by atoms with E-state index in [2.05, 4.69) is 39.3 Å². The van der Waals surface area contributed by atoms with Gasteiger partial charge in [0, 0.05) is 5.69 Å². The Morgan fingerprint density at radius 1 is 1.10 bits per heavy atom. The number of hydrogen-bond acceptors (Lipinski definition) is 4. The molecule has 0 aliphatic carbocycles. The monoisotopic (exact) mass is 271 g/mol. The molecule has 102 valence electrons. The molecule has 2 heterocycles. The second-order valence-electron chi connectivity index (χ2n) is 4.84. The van der Waals surface area contributed by atoms with Gasteiger partial charge in [-0.25, -0.2) is 14.4 Å². The standard InChI is InChI=1S/C14H14FN5/c1-8(2)11-12-13(20-19-11)14(17-7-16-12)18-10-5-3-9(15)4-6-10/h3-8H,1-2H3,(H,19,20)(H,16,17,18). The predicted molar refractivity (Wildman–Crippen MR) is 75.5 cm³/mol. The molecule has 5 nitrogen and oxygen atoms in total. The van der Waals surface area contributed by atoms with Crippen molar-refractivity contribution in [3.05, 3.63) is 42.1 Å². The van der Waals surface area contributed by atoms with E-state index in [1.807, 2.05) is 0 Å². The minimum absolute atomic E-state index is 0.273. The Balaban J connectivity index is 2.01. The summed E-state index contributed by atoms with van der Waals surface area (Å²) in [5, 5.41) is 10.4.